The van der Waals surface area contributed by atoms with Gasteiger partial charge >= 0.3 is 29.6 Å². The van der Waals surface area contributed by atoms with Crippen molar-refractivity contribution in [3.8, 4) is 5.75 Å². The van der Waals surface area contributed by atoms with E-state index in [0.29, 0.717) is 6.07 Å². The molecule has 0 bridgehead atoms. The van der Waals surface area contributed by atoms with Gasteiger partial charge in [-0.3, -0.25) is 14.3 Å². The number of rotatable bonds is 8. The summed E-state index contributed by atoms with van der Waals surface area (Å²) in [7, 11) is 0. The van der Waals surface area contributed by atoms with Gasteiger partial charge in [0.1, 0.15) is 5.75 Å². The molecule has 156 valence electrons. The minimum absolute atomic E-state index is 0.288. The number of hydrogen-bond donors (Lipinski definition) is 0. The number of alkyl halides is 11. The molecule has 0 aliphatic rings. The Labute approximate surface area is 152 Å². The fourth-order valence-electron chi connectivity index (χ4n) is 1.40. The Kier molecular flexibility index (Phi) is 6.32. The minimum Gasteiger partial charge on any atom is -0.426 e. The lowest BCUT2D eigenvalue weighted by molar-refractivity contribution is -0.469. The highest BCUT2D eigenvalue weighted by Crippen LogP contribution is 2.52. The van der Waals surface area contributed by atoms with E-state index in [1.54, 1.807) is 0 Å². The summed E-state index contributed by atoms with van der Waals surface area (Å²) in [5.74, 6) is -8.56. The average Bonchev–Trinajstić information content (AvgIpc) is 2.52. The van der Waals surface area contributed by atoms with Gasteiger partial charge in [0.2, 0.25) is 12.6 Å². The third-order valence-electron chi connectivity index (χ3n) is 2.76. The Hall–Kier alpha value is -2.09. The van der Waals surface area contributed by atoms with Crippen molar-refractivity contribution in [2.45, 2.75) is 29.6 Å². The number of benzene rings is 1. The molecule has 0 spiro atoms. The molecule has 0 N–H and O–H groups in total. The molecule has 0 fully saturated rings. The van der Waals surface area contributed by atoms with Crippen LogP contribution in [-0.2, 0) is 14.3 Å². The van der Waals surface area contributed by atoms with Crippen LogP contribution in [0.1, 0.15) is 11.1 Å². The first-order chi connectivity index (χ1) is 12.4. The monoisotopic (exact) mass is 448 g/mol. The van der Waals surface area contributed by atoms with Gasteiger partial charge in [-0.1, -0.05) is 0 Å². The lowest BCUT2D eigenvalue weighted by Gasteiger charge is -2.34. The summed E-state index contributed by atoms with van der Waals surface area (Å²) in [6, 6.07) is 1.69. The molecule has 0 heterocycles. The summed E-state index contributed by atoms with van der Waals surface area (Å²) in [4.78, 5) is 21.0. The van der Waals surface area contributed by atoms with Gasteiger partial charge in [0.15, 0.2) is 0 Å². The minimum atomic E-state index is -7.13. The predicted molar refractivity (Wildman–Crippen MR) is 68.3 cm³/mol. The normalized spacial score (nSPS) is 15.7. The second-order valence-corrected chi connectivity index (χ2v) is 5.23. The lowest BCUT2D eigenvalue weighted by atomic mass is 10.1. The average molecular weight is 449 g/mol. The molecule has 0 aromatic heterocycles. The van der Waals surface area contributed by atoms with Crippen LogP contribution in [0.3, 0.4) is 0 Å². The molecule has 28 heavy (non-hydrogen) atoms. The van der Waals surface area contributed by atoms with Crippen LogP contribution in [0.2, 0.25) is 0 Å². The topological polar surface area (TPSA) is 52.6 Å². The number of carbonyl (C=O) groups excluding carboxylic acids is 2. The van der Waals surface area contributed by atoms with Gasteiger partial charge in [-0.05, 0) is 29.8 Å². The summed E-state index contributed by atoms with van der Waals surface area (Å²) in [6.45, 7) is 0. The van der Waals surface area contributed by atoms with Gasteiger partial charge in [0.05, 0.1) is 5.56 Å². The largest absolute Gasteiger partial charge is 0.476 e. The van der Waals surface area contributed by atoms with E-state index in [2.05, 4.69) is 21.1 Å². The van der Waals surface area contributed by atoms with E-state index in [1.165, 1.54) is 0 Å². The molecule has 0 aliphatic heterocycles. The van der Waals surface area contributed by atoms with Crippen molar-refractivity contribution in [1.29, 1.82) is 0 Å². The van der Waals surface area contributed by atoms with Gasteiger partial charge in [-0.15, -0.1) is 0 Å². The fraction of sp³-hybridized carbons (Fsp3) is 0.385. The fourth-order valence-corrected chi connectivity index (χ4v) is 1.54. The van der Waals surface area contributed by atoms with Crippen LogP contribution in [0.5, 0.6) is 5.75 Å². The lowest BCUT2D eigenvalue weighted by Crippen LogP contribution is -2.59. The first-order valence-corrected chi connectivity index (χ1v) is 6.67. The molecule has 1 atom stereocenters. The third kappa shape index (κ3) is 4.48. The highest BCUT2D eigenvalue weighted by atomic mass is 35.5. The Morgan fingerprint density at radius 1 is 0.821 bits per heavy atom. The van der Waals surface area contributed by atoms with Gasteiger partial charge in [0.25, 0.3) is 0 Å². The summed E-state index contributed by atoms with van der Waals surface area (Å²) >= 11 is 4.27. The third-order valence-corrected chi connectivity index (χ3v) is 3.06. The van der Waals surface area contributed by atoms with E-state index >= 15 is 0 Å². The Bertz CT molecular complexity index is 747. The van der Waals surface area contributed by atoms with E-state index in [9.17, 15) is 53.5 Å². The second kappa shape index (κ2) is 7.39. The van der Waals surface area contributed by atoms with E-state index in [-0.39, 0.29) is 6.07 Å². The van der Waals surface area contributed by atoms with E-state index in [0.717, 1.165) is 18.6 Å². The first-order valence-electron chi connectivity index (χ1n) is 6.29. The van der Waals surface area contributed by atoms with Gasteiger partial charge in [-0.2, -0.15) is 43.9 Å². The molecule has 0 saturated carbocycles. The summed E-state index contributed by atoms with van der Waals surface area (Å²) in [5.41, 5.74) is -1.56. The van der Waals surface area contributed by atoms with Crippen LogP contribution >= 0.6 is 11.6 Å². The molecule has 1 aromatic carbocycles. The molecule has 0 aliphatic carbocycles. The zero-order valence-electron chi connectivity index (χ0n) is 12.5. The second-order valence-electron chi connectivity index (χ2n) is 4.74. The summed E-state index contributed by atoms with van der Waals surface area (Å²) in [6.07, 6.45) is -17.8. The molecule has 1 unspecified atom stereocenters. The van der Waals surface area contributed by atoms with Crippen LogP contribution in [0.4, 0.5) is 43.9 Å². The maximum absolute atomic E-state index is 13.7. The van der Waals surface area contributed by atoms with Crippen molar-refractivity contribution in [2.24, 2.45) is 0 Å². The zero-order chi connectivity index (χ0) is 22.2. The smallest absolute Gasteiger partial charge is 0.426 e. The van der Waals surface area contributed by atoms with Crippen molar-refractivity contribution in [3.05, 3.63) is 29.3 Å². The molecule has 1 aromatic rings. The first kappa shape index (κ1) is 23.9. The van der Waals surface area contributed by atoms with Crippen molar-refractivity contribution in [1.82, 2.24) is 0 Å². The van der Waals surface area contributed by atoms with E-state index in [1.807, 2.05) is 0 Å². The summed E-state index contributed by atoms with van der Waals surface area (Å²) < 4.78 is 134. The van der Waals surface area contributed by atoms with Crippen LogP contribution in [0.15, 0.2) is 18.2 Å². The molecular formula is C13H3ClF10O4. The SMILES string of the molecule is O=[C]c1ccc([C]=O)c(OC(F)(F)C(F)(Cl)OC(F)(F)C(F)(F)C(F)(F)F)c1. The van der Waals surface area contributed by atoms with Crippen LogP contribution in [-0.4, -0.2) is 42.2 Å². The quantitative estimate of drug-likeness (QED) is 0.441. The van der Waals surface area contributed by atoms with Gasteiger partial charge in [0, 0.05) is 5.56 Å². The molecule has 0 amide bonds. The molecule has 1 rings (SSSR count). The van der Waals surface area contributed by atoms with Crippen LogP contribution in [0.25, 0.3) is 0 Å². The Morgan fingerprint density at radius 3 is 1.79 bits per heavy atom. The van der Waals surface area contributed by atoms with Gasteiger partial charge < -0.3 is 4.74 Å². The van der Waals surface area contributed by atoms with Crippen LogP contribution < -0.4 is 4.74 Å². The highest BCUT2D eigenvalue weighted by molar-refractivity contribution is 6.22. The Balaban J connectivity index is 3.26. The number of hydrogen-bond acceptors (Lipinski definition) is 4. The predicted octanol–water partition coefficient (Wildman–Crippen LogP) is 4.24. The zero-order valence-corrected chi connectivity index (χ0v) is 13.3. The van der Waals surface area contributed by atoms with Crippen molar-refractivity contribution in [2.75, 3.05) is 0 Å². The Morgan fingerprint density at radius 2 is 1.36 bits per heavy atom. The number of halogens is 11. The van der Waals surface area contributed by atoms with Crippen molar-refractivity contribution < 1.29 is 63.0 Å². The molecular weight excluding hydrogens is 446 g/mol. The highest BCUT2D eigenvalue weighted by Gasteiger charge is 2.78. The van der Waals surface area contributed by atoms with Crippen molar-refractivity contribution >= 4 is 24.2 Å². The number of ether oxygens (including phenoxy) is 2. The standard InChI is InChI=1S/C13H3ClF10O4/c14-10(17,28-12(21,22)9(15,16)11(18,19)20)13(23,24)27-8-3-6(4-25)1-2-7(8)5-26/h1-3H. The summed E-state index contributed by atoms with van der Waals surface area (Å²) in [5, 5.41) is -5.80. The van der Waals surface area contributed by atoms with Crippen molar-refractivity contribution in [3.63, 3.8) is 0 Å². The maximum atomic E-state index is 13.7. The molecule has 15 heteroatoms. The maximum Gasteiger partial charge on any atom is 0.476 e. The van der Waals surface area contributed by atoms with Gasteiger partial charge in [-0.25, -0.2) is 0 Å². The molecule has 4 nitrogen and oxygen atoms in total. The van der Waals surface area contributed by atoms with E-state index < -0.39 is 46.5 Å². The molecule has 2 radical (unpaired) electrons. The molecule has 0 saturated heterocycles. The van der Waals surface area contributed by atoms with Crippen LogP contribution in [0, 0.1) is 0 Å². The van der Waals surface area contributed by atoms with E-state index in [4.69, 9.17) is 0 Å².